The number of benzene rings is 3. The Morgan fingerprint density at radius 3 is 2.36 bits per heavy atom. The molecule has 5 nitrogen and oxygen atoms in total. The number of aryl methyl sites for hydroxylation is 2. The van der Waals surface area contributed by atoms with Gasteiger partial charge in [0, 0.05) is 16.3 Å². The van der Waals surface area contributed by atoms with E-state index in [2.05, 4.69) is 0 Å². The smallest absolute Gasteiger partial charge is 0.300 e. The summed E-state index contributed by atoms with van der Waals surface area (Å²) in [7, 11) is 0. The number of hydrogen-bond acceptors (Lipinski definition) is 4. The number of phenolic OH excluding ortho intramolecular Hbond substituents is 1. The van der Waals surface area contributed by atoms with Gasteiger partial charge in [0.1, 0.15) is 11.5 Å². The molecule has 1 aliphatic carbocycles. The zero-order valence-electron chi connectivity index (χ0n) is 17.8. The number of rotatable bonds is 3. The van der Waals surface area contributed by atoms with Crippen LogP contribution in [0.5, 0.6) is 5.75 Å². The number of fused-ring (bicyclic) bond motifs is 1. The summed E-state index contributed by atoms with van der Waals surface area (Å²) in [5, 5.41) is 21.5. The molecule has 1 aliphatic heterocycles. The minimum Gasteiger partial charge on any atom is -0.508 e. The first-order chi connectivity index (χ1) is 15.9. The third-order valence-electron chi connectivity index (χ3n) is 6.36. The van der Waals surface area contributed by atoms with Crippen LogP contribution in [-0.4, -0.2) is 21.9 Å². The van der Waals surface area contributed by atoms with E-state index in [9.17, 15) is 19.8 Å². The second kappa shape index (κ2) is 8.41. The Kier molecular flexibility index (Phi) is 5.43. The summed E-state index contributed by atoms with van der Waals surface area (Å²) in [6, 6.07) is 17.8. The van der Waals surface area contributed by atoms with Gasteiger partial charge in [0.05, 0.1) is 11.6 Å². The van der Waals surface area contributed by atoms with E-state index in [0.29, 0.717) is 21.8 Å². The van der Waals surface area contributed by atoms with Gasteiger partial charge in [-0.3, -0.25) is 14.5 Å². The predicted molar refractivity (Wildman–Crippen MR) is 127 cm³/mol. The summed E-state index contributed by atoms with van der Waals surface area (Å²) in [4.78, 5) is 27.8. The largest absolute Gasteiger partial charge is 0.508 e. The van der Waals surface area contributed by atoms with Crippen molar-refractivity contribution in [2.45, 2.75) is 31.7 Å². The topological polar surface area (TPSA) is 77.8 Å². The molecule has 0 saturated carbocycles. The Morgan fingerprint density at radius 2 is 1.64 bits per heavy atom. The summed E-state index contributed by atoms with van der Waals surface area (Å²) in [6.45, 7) is 0. The predicted octanol–water partition coefficient (Wildman–Crippen LogP) is 5.55. The average Bonchev–Trinajstić information content (AvgIpc) is 3.09. The number of carbonyl (C=O) groups is 2. The maximum atomic E-state index is 13.2. The Balaban J connectivity index is 1.69. The number of hydrogen-bond donors (Lipinski definition) is 2. The second-order valence-electron chi connectivity index (χ2n) is 8.43. The van der Waals surface area contributed by atoms with E-state index in [0.717, 1.165) is 31.2 Å². The first-order valence-corrected chi connectivity index (χ1v) is 11.3. The molecule has 2 N–H and O–H groups in total. The normalized spacial score (nSPS) is 19.5. The van der Waals surface area contributed by atoms with Crippen molar-refractivity contribution < 1.29 is 19.8 Å². The molecule has 6 heteroatoms. The molecule has 0 radical (unpaired) electrons. The molecule has 0 bridgehead atoms. The van der Waals surface area contributed by atoms with Crippen molar-refractivity contribution in [2.75, 3.05) is 4.90 Å². The molecule has 1 fully saturated rings. The van der Waals surface area contributed by atoms with Crippen LogP contribution in [0.2, 0.25) is 5.02 Å². The van der Waals surface area contributed by atoms with Gasteiger partial charge in [-0.2, -0.15) is 0 Å². The molecule has 1 atom stereocenters. The first-order valence-electron chi connectivity index (χ1n) is 10.9. The van der Waals surface area contributed by atoms with Crippen LogP contribution in [0.4, 0.5) is 5.69 Å². The third kappa shape index (κ3) is 3.79. The molecule has 1 amide bonds. The number of anilines is 1. The number of nitrogens with zero attached hydrogens (tertiary/aromatic N) is 1. The second-order valence-corrected chi connectivity index (χ2v) is 8.87. The summed E-state index contributed by atoms with van der Waals surface area (Å²) < 4.78 is 0. The van der Waals surface area contributed by atoms with E-state index in [1.807, 2.05) is 12.1 Å². The molecule has 1 unspecified atom stereocenters. The van der Waals surface area contributed by atoms with E-state index in [1.54, 1.807) is 42.5 Å². The highest BCUT2D eigenvalue weighted by molar-refractivity contribution is 6.51. The van der Waals surface area contributed by atoms with Crippen LogP contribution in [0.3, 0.4) is 0 Å². The standard InChI is InChI=1S/C27H22ClNO4/c28-20-6-3-7-21(15-20)29-24(17-10-12-22(30)13-11-17)23(26(32)27(29)33)25(31)19-9-8-16-4-1-2-5-18(16)14-19/h3,6-15,24,30-31H,1-2,4-5H2/b25-23-. The lowest BCUT2D eigenvalue weighted by molar-refractivity contribution is -0.132. The van der Waals surface area contributed by atoms with Gasteiger partial charge in [0.15, 0.2) is 0 Å². The number of Topliss-reactive ketones (excluding diaryl/α,β-unsaturated/α-hetero) is 1. The van der Waals surface area contributed by atoms with Gasteiger partial charge >= 0.3 is 0 Å². The molecule has 5 rings (SSSR count). The summed E-state index contributed by atoms with van der Waals surface area (Å²) in [5.74, 6) is -1.64. The van der Waals surface area contributed by atoms with Crippen LogP contribution in [0.15, 0.2) is 72.3 Å². The van der Waals surface area contributed by atoms with Crippen LogP contribution in [0.1, 0.15) is 41.1 Å². The third-order valence-corrected chi connectivity index (χ3v) is 6.60. The average molecular weight is 460 g/mol. The summed E-state index contributed by atoms with van der Waals surface area (Å²) in [5.41, 5.74) is 3.99. The van der Waals surface area contributed by atoms with Gasteiger partial charge in [0.25, 0.3) is 11.7 Å². The molecule has 33 heavy (non-hydrogen) atoms. The van der Waals surface area contributed by atoms with Crippen LogP contribution < -0.4 is 4.90 Å². The molecule has 3 aromatic carbocycles. The number of halogens is 1. The molecular formula is C27H22ClNO4. The van der Waals surface area contributed by atoms with Crippen LogP contribution >= 0.6 is 11.6 Å². The molecule has 3 aromatic rings. The highest BCUT2D eigenvalue weighted by Crippen LogP contribution is 2.43. The van der Waals surface area contributed by atoms with Gasteiger partial charge in [0.2, 0.25) is 0 Å². The first kappa shape index (κ1) is 21.3. The minimum atomic E-state index is -0.861. The molecule has 0 spiro atoms. The van der Waals surface area contributed by atoms with Crippen LogP contribution in [-0.2, 0) is 22.4 Å². The summed E-state index contributed by atoms with van der Waals surface area (Å²) >= 11 is 6.17. The van der Waals surface area contributed by atoms with Crippen molar-refractivity contribution in [3.8, 4) is 5.75 Å². The summed E-state index contributed by atoms with van der Waals surface area (Å²) in [6.07, 6.45) is 4.16. The minimum absolute atomic E-state index is 0.0152. The quantitative estimate of drug-likeness (QED) is 0.306. The van der Waals surface area contributed by atoms with Crippen LogP contribution in [0.25, 0.3) is 5.76 Å². The Hall–Kier alpha value is -3.57. The van der Waals surface area contributed by atoms with E-state index in [4.69, 9.17) is 11.6 Å². The molecule has 166 valence electrons. The number of aromatic hydroxyl groups is 1. The Bertz CT molecular complexity index is 1300. The SMILES string of the molecule is O=C1C(=O)N(c2cccc(Cl)c2)C(c2ccc(O)cc2)/C1=C(/O)c1ccc2c(c1)CCCC2. The van der Waals surface area contributed by atoms with Gasteiger partial charge in [-0.1, -0.05) is 41.9 Å². The Labute approximate surface area is 196 Å². The maximum Gasteiger partial charge on any atom is 0.300 e. The monoisotopic (exact) mass is 459 g/mol. The molecule has 1 heterocycles. The molecular weight excluding hydrogens is 438 g/mol. The molecule has 2 aliphatic rings. The highest BCUT2D eigenvalue weighted by Gasteiger charge is 2.47. The van der Waals surface area contributed by atoms with Gasteiger partial charge in [-0.25, -0.2) is 0 Å². The Morgan fingerprint density at radius 1 is 0.909 bits per heavy atom. The van der Waals surface area contributed by atoms with Gasteiger partial charge in [-0.15, -0.1) is 0 Å². The van der Waals surface area contributed by atoms with Crippen molar-refractivity contribution >= 4 is 34.7 Å². The fourth-order valence-electron chi connectivity index (χ4n) is 4.73. The van der Waals surface area contributed by atoms with E-state index in [1.165, 1.54) is 22.6 Å². The fourth-order valence-corrected chi connectivity index (χ4v) is 4.92. The number of ketones is 1. The lowest BCUT2D eigenvalue weighted by Crippen LogP contribution is -2.29. The highest BCUT2D eigenvalue weighted by atomic mass is 35.5. The number of carbonyl (C=O) groups excluding carboxylic acids is 2. The zero-order valence-corrected chi connectivity index (χ0v) is 18.5. The fraction of sp³-hybridized carbons (Fsp3) is 0.185. The molecule has 0 aromatic heterocycles. The van der Waals surface area contributed by atoms with Gasteiger partial charge < -0.3 is 10.2 Å². The number of amides is 1. The van der Waals surface area contributed by atoms with E-state index >= 15 is 0 Å². The zero-order chi connectivity index (χ0) is 23.1. The van der Waals surface area contributed by atoms with Crippen molar-refractivity contribution in [3.63, 3.8) is 0 Å². The van der Waals surface area contributed by atoms with E-state index < -0.39 is 17.7 Å². The number of phenols is 1. The molecule has 1 saturated heterocycles. The van der Waals surface area contributed by atoms with Crippen molar-refractivity contribution in [3.05, 3.63) is 99.6 Å². The number of aliphatic hydroxyl groups excluding tert-OH is 1. The van der Waals surface area contributed by atoms with Crippen molar-refractivity contribution in [1.82, 2.24) is 0 Å². The maximum absolute atomic E-state index is 13.2. The number of aliphatic hydroxyl groups is 1. The van der Waals surface area contributed by atoms with E-state index in [-0.39, 0.29) is 17.1 Å². The van der Waals surface area contributed by atoms with Crippen molar-refractivity contribution in [1.29, 1.82) is 0 Å². The van der Waals surface area contributed by atoms with Crippen molar-refractivity contribution in [2.24, 2.45) is 0 Å². The lowest BCUT2D eigenvalue weighted by Gasteiger charge is -2.25. The van der Waals surface area contributed by atoms with Gasteiger partial charge in [-0.05, 0) is 78.8 Å². The lowest BCUT2D eigenvalue weighted by atomic mass is 9.88. The van der Waals surface area contributed by atoms with Crippen LogP contribution in [0, 0.1) is 0 Å².